The van der Waals surface area contributed by atoms with Crippen LogP contribution in [0.4, 0.5) is 0 Å². The molecule has 0 aliphatic carbocycles. The van der Waals surface area contributed by atoms with Crippen LogP contribution in [-0.4, -0.2) is 4.98 Å². The summed E-state index contributed by atoms with van der Waals surface area (Å²) < 4.78 is 0. The standard InChI is InChI=1S/C17H7Cl6N/c18-11-5-3-8(13(20)15(11)22)9-2-1-7-24-17(9)10-4-6-12(19)16(23)14(10)21/h1-7H. The predicted molar refractivity (Wildman–Crippen MR) is 105 cm³/mol. The maximum atomic E-state index is 6.36. The van der Waals surface area contributed by atoms with Crippen LogP contribution in [0.1, 0.15) is 0 Å². The van der Waals surface area contributed by atoms with E-state index in [0.717, 1.165) is 5.56 Å². The highest BCUT2D eigenvalue weighted by molar-refractivity contribution is 6.50. The zero-order chi connectivity index (χ0) is 17.4. The minimum Gasteiger partial charge on any atom is -0.256 e. The van der Waals surface area contributed by atoms with E-state index in [-0.39, 0.29) is 10.0 Å². The van der Waals surface area contributed by atoms with Crippen molar-refractivity contribution in [1.29, 1.82) is 0 Å². The number of aromatic nitrogens is 1. The molecule has 0 atom stereocenters. The molecule has 0 aliphatic rings. The molecule has 0 spiro atoms. The first-order valence-electron chi connectivity index (χ1n) is 6.64. The molecule has 0 fully saturated rings. The van der Waals surface area contributed by atoms with Crippen LogP contribution in [0, 0.1) is 0 Å². The van der Waals surface area contributed by atoms with E-state index >= 15 is 0 Å². The predicted octanol–water partition coefficient (Wildman–Crippen LogP) is 8.34. The summed E-state index contributed by atoms with van der Waals surface area (Å²) in [6.07, 6.45) is 1.66. The summed E-state index contributed by atoms with van der Waals surface area (Å²) in [4.78, 5) is 4.43. The SMILES string of the molecule is Clc1ccc(-c2cccnc2-c2ccc(Cl)c(Cl)c2Cl)c(Cl)c1Cl. The third-order valence-corrected chi connectivity index (χ3v) is 6.01. The summed E-state index contributed by atoms with van der Waals surface area (Å²) in [6, 6.07) is 10.5. The van der Waals surface area contributed by atoms with Crippen molar-refractivity contribution in [3.8, 4) is 22.4 Å². The average molecular weight is 438 g/mol. The molecule has 0 N–H and O–H groups in total. The van der Waals surface area contributed by atoms with Gasteiger partial charge in [-0.2, -0.15) is 0 Å². The Balaban J connectivity index is 2.28. The Bertz CT molecular complexity index is 862. The molecule has 1 nitrogen and oxygen atoms in total. The lowest BCUT2D eigenvalue weighted by molar-refractivity contribution is 1.32. The fourth-order valence-electron chi connectivity index (χ4n) is 2.28. The van der Waals surface area contributed by atoms with Gasteiger partial charge in [-0.3, -0.25) is 4.98 Å². The van der Waals surface area contributed by atoms with Gasteiger partial charge in [0.15, 0.2) is 0 Å². The quantitative estimate of drug-likeness (QED) is 0.367. The molecule has 0 radical (unpaired) electrons. The minimum absolute atomic E-state index is 0.271. The van der Waals surface area contributed by atoms with Crippen molar-refractivity contribution >= 4 is 69.6 Å². The lowest BCUT2D eigenvalue weighted by Crippen LogP contribution is -1.92. The third kappa shape index (κ3) is 3.22. The normalized spacial score (nSPS) is 10.9. The molecule has 122 valence electrons. The number of hydrogen-bond acceptors (Lipinski definition) is 1. The van der Waals surface area contributed by atoms with Gasteiger partial charge in [-0.15, -0.1) is 0 Å². The Kier molecular flexibility index (Phi) is 5.51. The molecule has 1 aromatic heterocycles. The molecule has 0 saturated carbocycles. The van der Waals surface area contributed by atoms with Crippen LogP contribution in [0.15, 0.2) is 42.6 Å². The minimum atomic E-state index is 0.271. The summed E-state index contributed by atoms with van der Waals surface area (Å²) >= 11 is 37.0. The highest BCUT2D eigenvalue weighted by Gasteiger charge is 2.18. The monoisotopic (exact) mass is 435 g/mol. The molecular formula is C17H7Cl6N. The van der Waals surface area contributed by atoms with E-state index in [4.69, 9.17) is 69.6 Å². The van der Waals surface area contributed by atoms with E-state index in [9.17, 15) is 0 Å². The summed E-state index contributed by atoms with van der Waals surface area (Å²) in [6.45, 7) is 0. The number of benzene rings is 2. The fourth-order valence-corrected chi connectivity index (χ4v) is 3.54. The first-order valence-corrected chi connectivity index (χ1v) is 8.91. The second kappa shape index (κ2) is 7.29. The molecule has 0 amide bonds. The van der Waals surface area contributed by atoms with Crippen molar-refractivity contribution in [1.82, 2.24) is 4.98 Å². The molecule has 3 aromatic rings. The molecule has 1 heterocycles. The van der Waals surface area contributed by atoms with E-state index in [1.165, 1.54) is 0 Å². The topological polar surface area (TPSA) is 12.9 Å². The molecule has 0 bridgehead atoms. The van der Waals surface area contributed by atoms with Gasteiger partial charge in [-0.05, 0) is 24.3 Å². The largest absolute Gasteiger partial charge is 0.256 e. The van der Waals surface area contributed by atoms with Gasteiger partial charge in [-0.25, -0.2) is 0 Å². The lowest BCUT2D eigenvalue weighted by atomic mass is 9.99. The molecule has 0 saturated heterocycles. The molecule has 0 unspecified atom stereocenters. The number of halogens is 6. The van der Waals surface area contributed by atoms with Crippen molar-refractivity contribution < 1.29 is 0 Å². The van der Waals surface area contributed by atoms with Crippen LogP contribution in [-0.2, 0) is 0 Å². The van der Waals surface area contributed by atoms with E-state index < -0.39 is 0 Å². The average Bonchev–Trinajstić information content (AvgIpc) is 2.58. The Hall–Kier alpha value is -0.670. The van der Waals surface area contributed by atoms with Gasteiger partial charge in [0.2, 0.25) is 0 Å². The van der Waals surface area contributed by atoms with Gasteiger partial charge in [0.25, 0.3) is 0 Å². The van der Waals surface area contributed by atoms with Crippen molar-refractivity contribution in [3.63, 3.8) is 0 Å². The zero-order valence-corrected chi connectivity index (χ0v) is 16.3. The Labute approximate surface area is 169 Å². The van der Waals surface area contributed by atoms with Crippen LogP contribution in [0.3, 0.4) is 0 Å². The summed E-state index contributed by atoms with van der Waals surface area (Å²) in [5.74, 6) is 0. The number of nitrogens with zero attached hydrogens (tertiary/aromatic N) is 1. The summed E-state index contributed by atoms with van der Waals surface area (Å²) in [5.41, 5.74) is 2.70. The van der Waals surface area contributed by atoms with Crippen LogP contribution in [0.25, 0.3) is 22.4 Å². The fraction of sp³-hybridized carbons (Fsp3) is 0. The van der Waals surface area contributed by atoms with Crippen molar-refractivity contribution in [2.24, 2.45) is 0 Å². The molecule has 0 aliphatic heterocycles. The molecule has 3 rings (SSSR count). The summed E-state index contributed by atoms with van der Waals surface area (Å²) in [5, 5.41) is 1.97. The van der Waals surface area contributed by atoms with Crippen LogP contribution in [0.2, 0.25) is 30.1 Å². The van der Waals surface area contributed by atoms with Crippen LogP contribution >= 0.6 is 69.6 Å². The van der Waals surface area contributed by atoms with Crippen LogP contribution < -0.4 is 0 Å². The maximum absolute atomic E-state index is 6.36. The summed E-state index contributed by atoms with van der Waals surface area (Å²) in [7, 11) is 0. The highest BCUT2D eigenvalue weighted by atomic mass is 35.5. The first kappa shape index (κ1) is 18.1. The zero-order valence-electron chi connectivity index (χ0n) is 11.8. The van der Waals surface area contributed by atoms with E-state index in [0.29, 0.717) is 36.9 Å². The Morgan fingerprint density at radius 2 is 1.08 bits per heavy atom. The van der Waals surface area contributed by atoms with Gasteiger partial charge in [0.05, 0.1) is 35.8 Å². The maximum Gasteiger partial charge on any atom is 0.0796 e. The number of rotatable bonds is 2. The van der Waals surface area contributed by atoms with E-state index in [2.05, 4.69) is 4.98 Å². The van der Waals surface area contributed by atoms with Crippen molar-refractivity contribution in [2.75, 3.05) is 0 Å². The van der Waals surface area contributed by atoms with E-state index in [1.54, 1.807) is 36.5 Å². The number of hydrogen-bond donors (Lipinski definition) is 0. The molecular weight excluding hydrogens is 431 g/mol. The lowest BCUT2D eigenvalue weighted by Gasteiger charge is -2.14. The Morgan fingerprint density at radius 1 is 0.542 bits per heavy atom. The van der Waals surface area contributed by atoms with Crippen LogP contribution in [0.5, 0.6) is 0 Å². The third-order valence-electron chi connectivity index (χ3n) is 3.42. The first-order chi connectivity index (χ1) is 11.4. The molecule has 24 heavy (non-hydrogen) atoms. The van der Waals surface area contributed by atoms with Gasteiger partial charge in [0.1, 0.15) is 0 Å². The van der Waals surface area contributed by atoms with E-state index in [1.807, 2.05) is 6.07 Å². The van der Waals surface area contributed by atoms with Gasteiger partial charge >= 0.3 is 0 Å². The van der Waals surface area contributed by atoms with Crippen molar-refractivity contribution in [2.45, 2.75) is 0 Å². The molecule has 2 aromatic carbocycles. The van der Waals surface area contributed by atoms with Gasteiger partial charge in [0, 0.05) is 22.9 Å². The van der Waals surface area contributed by atoms with Crippen molar-refractivity contribution in [3.05, 3.63) is 72.7 Å². The number of pyridine rings is 1. The van der Waals surface area contributed by atoms with Gasteiger partial charge in [-0.1, -0.05) is 81.7 Å². The molecule has 7 heteroatoms. The second-order valence-electron chi connectivity index (χ2n) is 4.85. The Morgan fingerprint density at radius 3 is 1.71 bits per heavy atom. The highest BCUT2D eigenvalue weighted by Crippen LogP contribution is 2.44. The smallest absolute Gasteiger partial charge is 0.0796 e. The van der Waals surface area contributed by atoms with Gasteiger partial charge < -0.3 is 0 Å². The second-order valence-corrected chi connectivity index (χ2v) is 7.17.